The highest BCUT2D eigenvalue weighted by Gasteiger charge is 2.02. The van der Waals surface area contributed by atoms with Crippen LogP contribution in [0, 0.1) is 11.8 Å². The third kappa shape index (κ3) is 6.66. The van der Waals surface area contributed by atoms with E-state index in [1.54, 1.807) is 43.5 Å². The fourth-order valence-corrected chi connectivity index (χ4v) is 2.01. The minimum absolute atomic E-state index is 0.0923. The van der Waals surface area contributed by atoms with E-state index in [9.17, 15) is 4.79 Å². The molecule has 0 saturated carbocycles. The highest BCUT2D eigenvalue weighted by atomic mass is 35.5. The van der Waals surface area contributed by atoms with Crippen LogP contribution >= 0.6 is 11.6 Å². The quantitative estimate of drug-likeness (QED) is 0.772. The lowest BCUT2D eigenvalue weighted by Crippen LogP contribution is -2.29. The fourth-order valence-electron chi connectivity index (χ4n) is 1.82. The van der Waals surface area contributed by atoms with Gasteiger partial charge in [-0.25, -0.2) is 0 Å². The molecular formula is C19H18ClNO4. The van der Waals surface area contributed by atoms with Crippen LogP contribution in [-0.2, 0) is 4.79 Å². The van der Waals surface area contributed by atoms with Gasteiger partial charge in [-0.2, -0.15) is 0 Å². The molecule has 6 heteroatoms. The third-order valence-electron chi connectivity index (χ3n) is 3.05. The van der Waals surface area contributed by atoms with Crippen molar-refractivity contribution in [3.8, 4) is 29.1 Å². The summed E-state index contributed by atoms with van der Waals surface area (Å²) in [6, 6.07) is 14.2. The van der Waals surface area contributed by atoms with E-state index in [-0.39, 0.29) is 25.7 Å². The second kappa shape index (κ2) is 10.1. The maximum absolute atomic E-state index is 11.7. The molecule has 130 valence electrons. The average molecular weight is 360 g/mol. The Labute approximate surface area is 151 Å². The summed E-state index contributed by atoms with van der Waals surface area (Å²) < 4.78 is 15.9. The molecule has 0 bridgehead atoms. The molecule has 0 heterocycles. The van der Waals surface area contributed by atoms with E-state index >= 15 is 0 Å². The minimum atomic E-state index is -0.260. The van der Waals surface area contributed by atoms with Gasteiger partial charge in [0.2, 0.25) is 0 Å². The lowest BCUT2D eigenvalue weighted by molar-refractivity contribution is -0.122. The monoisotopic (exact) mass is 359 g/mol. The molecular weight excluding hydrogens is 342 g/mol. The van der Waals surface area contributed by atoms with Crippen LogP contribution in [-0.4, -0.2) is 32.8 Å². The van der Waals surface area contributed by atoms with E-state index in [4.69, 9.17) is 25.8 Å². The van der Waals surface area contributed by atoms with Crippen molar-refractivity contribution in [2.75, 3.05) is 26.9 Å². The third-order valence-corrected chi connectivity index (χ3v) is 3.36. The molecule has 5 nitrogen and oxygen atoms in total. The van der Waals surface area contributed by atoms with Gasteiger partial charge in [0.25, 0.3) is 5.91 Å². The van der Waals surface area contributed by atoms with E-state index in [1.807, 2.05) is 12.1 Å². The number of methoxy groups -OCH3 is 1. The number of hydrogen-bond donors (Lipinski definition) is 1. The number of ether oxygens (including phenoxy) is 3. The highest BCUT2D eigenvalue weighted by Crippen LogP contribution is 2.22. The van der Waals surface area contributed by atoms with Gasteiger partial charge in [-0.15, -0.1) is 0 Å². The molecule has 2 aromatic rings. The average Bonchev–Trinajstić information content (AvgIpc) is 2.64. The number of carbonyl (C=O) groups excluding carboxylic acids is 1. The van der Waals surface area contributed by atoms with Crippen molar-refractivity contribution in [3.05, 3.63) is 53.6 Å². The molecule has 0 radical (unpaired) electrons. The molecule has 0 saturated heterocycles. The van der Waals surface area contributed by atoms with Gasteiger partial charge in [0.05, 0.1) is 18.7 Å². The van der Waals surface area contributed by atoms with Crippen molar-refractivity contribution < 1.29 is 19.0 Å². The van der Waals surface area contributed by atoms with Gasteiger partial charge in [-0.1, -0.05) is 41.6 Å². The van der Waals surface area contributed by atoms with E-state index in [0.717, 1.165) is 0 Å². The Morgan fingerprint density at radius 2 is 1.88 bits per heavy atom. The van der Waals surface area contributed by atoms with E-state index < -0.39 is 0 Å². The number of benzene rings is 2. The lowest BCUT2D eigenvalue weighted by atomic mass is 10.3. The van der Waals surface area contributed by atoms with Crippen LogP contribution in [0.1, 0.15) is 0 Å². The Balaban J connectivity index is 1.64. The van der Waals surface area contributed by atoms with Crippen LogP contribution in [0.5, 0.6) is 17.2 Å². The number of para-hydroxylation sites is 1. The molecule has 0 atom stereocenters. The Hall–Kier alpha value is -2.84. The Kier molecular flexibility index (Phi) is 7.48. The first-order chi connectivity index (χ1) is 12.2. The maximum Gasteiger partial charge on any atom is 0.258 e. The molecule has 0 spiro atoms. The van der Waals surface area contributed by atoms with Crippen LogP contribution in [0.25, 0.3) is 0 Å². The standard InChI is InChI=1S/C19H18ClNO4/c1-23-15-7-6-8-16(13-15)25-14-19(22)21-11-4-5-12-24-18-10-3-2-9-17(18)20/h2-3,6-10,13H,11-12,14H2,1H3,(H,21,22). The van der Waals surface area contributed by atoms with E-state index in [2.05, 4.69) is 17.2 Å². The summed E-state index contributed by atoms with van der Waals surface area (Å²) in [6.45, 7) is 0.317. The van der Waals surface area contributed by atoms with Gasteiger partial charge in [0.15, 0.2) is 6.61 Å². The molecule has 2 aromatic carbocycles. The Bertz CT molecular complexity index is 767. The number of nitrogens with one attached hydrogen (secondary N) is 1. The Morgan fingerprint density at radius 1 is 1.08 bits per heavy atom. The van der Waals surface area contributed by atoms with Crippen LogP contribution in [0.2, 0.25) is 5.02 Å². The van der Waals surface area contributed by atoms with Gasteiger partial charge >= 0.3 is 0 Å². The van der Waals surface area contributed by atoms with Crippen molar-refractivity contribution >= 4 is 17.5 Å². The first kappa shape index (κ1) is 18.5. The first-order valence-electron chi connectivity index (χ1n) is 7.55. The number of halogens is 1. The van der Waals surface area contributed by atoms with Gasteiger partial charge in [-0.05, 0) is 24.3 Å². The van der Waals surface area contributed by atoms with Crippen LogP contribution in [0.15, 0.2) is 48.5 Å². The summed E-state index contributed by atoms with van der Waals surface area (Å²) >= 11 is 5.96. The molecule has 0 aromatic heterocycles. The van der Waals surface area contributed by atoms with Crippen molar-refractivity contribution in [1.29, 1.82) is 0 Å². The fraction of sp³-hybridized carbons (Fsp3) is 0.211. The molecule has 25 heavy (non-hydrogen) atoms. The second-order valence-electron chi connectivity index (χ2n) is 4.82. The summed E-state index contributed by atoms with van der Waals surface area (Å²) in [5.41, 5.74) is 0. The Morgan fingerprint density at radius 3 is 2.68 bits per heavy atom. The smallest absolute Gasteiger partial charge is 0.258 e. The largest absolute Gasteiger partial charge is 0.497 e. The van der Waals surface area contributed by atoms with Crippen molar-refractivity contribution in [3.63, 3.8) is 0 Å². The molecule has 0 aliphatic heterocycles. The van der Waals surface area contributed by atoms with Gasteiger partial charge < -0.3 is 19.5 Å². The van der Waals surface area contributed by atoms with Crippen LogP contribution < -0.4 is 19.5 Å². The summed E-state index contributed by atoms with van der Waals surface area (Å²) in [4.78, 5) is 11.7. The molecule has 0 aliphatic rings. The summed E-state index contributed by atoms with van der Waals surface area (Å²) in [6.07, 6.45) is 0. The van der Waals surface area contributed by atoms with Gasteiger partial charge in [0.1, 0.15) is 23.9 Å². The maximum atomic E-state index is 11.7. The number of carbonyl (C=O) groups is 1. The minimum Gasteiger partial charge on any atom is -0.497 e. The second-order valence-corrected chi connectivity index (χ2v) is 5.22. The van der Waals surface area contributed by atoms with Crippen molar-refractivity contribution in [2.24, 2.45) is 0 Å². The number of amides is 1. The topological polar surface area (TPSA) is 56.8 Å². The molecule has 2 rings (SSSR count). The van der Waals surface area contributed by atoms with Crippen molar-refractivity contribution in [2.45, 2.75) is 0 Å². The molecule has 0 aliphatic carbocycles. The van der Waals surface area contributed by atoms with E-state index in [1.165, 1.54) is 0 Å². The normalized spacial score (nSPS) is 9.52. The summed E-state index contributed by atoms with van der Waals surface area (Å²) in [5, 5.41) is 3.18. The number of rotatable bonds is 7. The summed E-state index contributed by atoms with van der Waals surface area (Å²) in [7, 11) is 1.57. The summed E-state index contributed by atoms with van der Waals surface area (Å²) in [5.74, 6) is 7.15. The molecule has 1 amide bonds. The predicted octanol–water partition coefficient (Wildman–Crippen LogP) is 2.93. The van der Waals surface area contributed by atoms with Crippen LogP contribution in [0.3, 0.4) is 0 Å². The number of hydrogen-bond acceptors (Lipinski definition) is 4. The van der Waals surface area contributed by atoms with E-state index in [0.29, 0.717) is 22.3 Å². The molecule has 1 N–H and O–H groups in total. The van der Waals surface area contributed by atoms with Crippen molar-refractivity contribution in [1.82, 2.24) is 5.32 Å². The first-order valence-corrected chi connectivity index (χ1v) is 7.93. The zero-order valence-corrected chi connectivity index (χ0v) is 14.5. The zero-order valence-electron chi connectivity index (χ0n) is 13.8. The predicted molar refractivity (Wildman–Crippen MR) is 96.2 cm³/mol. The molecule has 0 fully saturated rings. The van der Waals surface area contributed by atoms with Crippen LogP contribution in [0.4, 0.5) is 0 Å². The zero-order chi connectivity index (χ0) is 17.9. The SMILES string of the molecule is COc1cccc(OCC(=O)NCC#CCOc2ccccc2Cl)c1. The molecule has 0 unspecified atom stereocenters. The van der Waals surface area contributed by atoms with Gasteiger partial charge in [-0.3, -0.25) is 4.79 Å². The highest BCUT2D eigenvalue weighted by molar-refractivity contribution is 6.32. The van der Waals surface area contributed by atoms with Gasteiger partial charge in [0, 0.05) is 6.07 Å². The lowest BCUT2D eigenvalue weighted by Gasteiger charge is -2.07.